The Kier molecular flexibility index (Phi) is 4.92. The summed E-state index contributed by atoms with van der Waals surface area (Å²) in [6.07, 6.45) is 0.255. The third-order valence-electron chi connectivity index (χ3n) is 3.14. The molecule has 19 heavy (non-hydrogen) atoms. The molecule has 0 radical (unpaired) electrons. The van der Waals surface area contributed by atoms with Crippen LogP contribution in [0.5, 0.6) is 0 Å². The highest BCUT2D eigenvalue weighted by atomic mass is 32.2. The number of nitrogen functional groups attached to an aromatic ring is 1. The molecule has 0 atom stereocenters. The molecule has 1 rings (SSSR count). The van der Waals surface area contributed by atoms with Crippen molar-refractivity contribution in [2.75, 3.05) is 18.9 Å². The molecule has 0 bridgehead atoms. The second-order valence-electron chi connectivity index (χ2n) is 4.55. The van der Waals surface area contributed by atoms with E-state index in [4.69, 9.17) is 5.73 Å². The van der Waals surface area contributed by atoms with E-state index in [2.05, 4.69) is 4.72 Å². The van der Waals surface area contributed by atoms with Crippen molar-refractivity contribution in [3.8, 4) is 0 Å². The van der Waals surface area contributed by atoms with Crippen molar-refractivity contribution in [2.24, 2.45) is 0 Å². The molecule has 0 aliphatic heterocycles. The highest BCUT2D eigenvalue weighted by Gasteiger charge is 2.34. The Bertz CT molecular complexity index is 510. The van der Waals surface area contributed by atoms with Crippen LogP contribution in [-0.4, -0.2) is 37.4 Å². The van der Waals surface area contributed by atoms with Crippen LogP contribution in [0.1, 0.15) is 18.9 Å². The van der Waals surface area contributed by atoms with Crippen LogP contribution in [0.3, 0.4) is 0 Å². The zero-order valence-corrected chi connectivity index (χ0v) is 11.9. The Labute approximate surface area is 113 Å². The van der Waals surface area contributed by atoms with Crippen molar-refractivity contribution in [1.29, 1.82) is 0 Å². The summed E-state index contributed by atoms with van der Waals surface area (Å²) in [5.41, 5.74) is 5.06. The summed E-state index contributed by atoms with van der Waals surface area (Å²) in [5.74, 6) is 0. The smallest absolute Gasteiger partial charge is 0.243 e. The quantitative estimate of drug-likeness (QED) is 0.550. The van der Waals surface area contributed by atoms with Gasteiger partial charge >= 0.3 is 0 Å². The number of sulfonamides is 1. The van der Waals surface area contributed by atoms with Gasteiger partial charge in [0.15, 0.2) is 0 Å². The molecule has 0 unspecified atom stereocenters. The number of hydrogen-bond donors (Lipinski definition) is 4. The number of anilines is 1. The van der Waals surface area contributed by atoms with Crippen molar-refractivity contribution < 1.29 is 18.6 Å². The monoisotopic (exact) mass is 288 g/mol. The van der Waals surface area contributed by atoms with Gasteiger partial charge in [-0.2, -0.15) is 0 Å². The van der Waals surface area contributed by atoms with Gasteiger partial charge in [-0.05, 0) is 25.0 Å². The molecule has 0 amide bonds. The molecular formula is C12H20N2O4S. The fourth-order valence-electron chi connectivity index (χ4n) is 1.79. The first-order valence-corrected chi connectivity index (χ1v) is 7.41. The first kappa shape index (κ1) is 15.9. The first-order valence-electron chi connectivity index (χ1n) is 5.92. The van der Waals surface area contributed by atoms with Crippen molar-refractivity contribution in [1.82, 2.24) is 4.72 Å². The normalized spacial score (nSPS) is 12.6. The molecule has 0 aliphatic rings. The second-order valence-corrected chi connectivity index (χ2v) is 6.17. The summed E-state index contributed by atoms with van der Waals surface area (Å²) in [6.45, 7) is 2.32. The Morgan fingerprint density at radius 2 is 1.89 bits per heavy atom. The maximum atomic E-state index is 12.4. The lowest BCUT2D eigenvalue weighted by atomic mass is 10.0. The fraction of sp³-hybridized carbons (Fsp3) is 0.500. The molecule has 6 nitrogen and oxygen atoms in total. The zero-order valence-electron chi connectivity index (χ0n) is 11.0. The highest BCUT2D eigenvalue weighted by molar-refractivity contribution is 7.89. The molecule has 0 spiro atoms. The number of aliphatic hydroxyl groups excluding tert-OH is 2. The predicted octanol–water partition coefficient (Wildman–Crippen LogP) is -0.0111. The molecule has 1 aromatic rings. The standard InChI is InChI=1S/C12H20N2O4S/c1-3-12(7-15,8-16)14-19(17,18)11-9(2)5-4-6-10(11)13/h4-6,14-16H,3,7-8,13H2,1-2H3. The van der Waals surface area contributed by atoms with Crippen LogP contribution in [0, 0.1) is 6.92 Å². The number of benzene rings is 1. The number of aryl methyl sites for hydroxylation is 1. The van der Waals surface area contributed by atoms with E-state index in [0.717, 1.165) is 0 Å². The Morgan fingerprint density at radius 3 is 2.32 bits per heavy atom. The molecule has 108 valence electrons. The molecule has 0 fully saturated rings. The molecule has 1 aromatic carbocycles. The van der Waals surface area contributed by atoms with Crippen LogP contribution >= 0.6 is 0 Å². The Balaban J connectivity index is 3.26. The van der Waals surface area contributed by atoms with Crippen LogP contribution in [-0.2, 0) is 10.0 Å². The van der Waals surface area contributed by atoms with Gasteiger partial charge < -0.3 is 15.9 Å². The van der Waals surface area contributed by atoms with Crippen molar-refractivity contribution in [3.05, 3.63) is 23.8 Å². The lowest BCUT2D eigenvalue weighted by Gasteiger charge is -2.29. The molecule has 0 heterocycles. The van der Waals surface area contributed by atoms with Gasteiger partial charge in [-0.15, -0.1) is 0 Å². The van der Waals surface area contributed by atoms with E-state index in [0.29, 0.717) is 5.56 Å². The highest BCUT2D eigenvalue weighted by Crippen LogP contribution is 2.24. The zero-order chi connectivity index (χ0) is 14.7. The SMILES string of the molecule is CCC(CO)(CO)NS(=O)(=O)c1c(C)cccc1N. The van der Waals surface area contributed by atoms with Gasteiger partial charge in [0.05, 0.1) is 24.4 Å². The molecule has 0 aromatic heterocycles. The van der Waals surface area contributed by atoms with Gasteiger partial charge in [-0.25, -0.2) is 13.1 Å². The summed E-state index contributed by atoms with van der Waals surface area (Å²) in [7, 11) is -3.91. The average Bonchev–Trinajstić information content (AvgIpc) is 2.35. The summed E-state index contributed by atoms with van der Waals surface area (Å²) >= 11 is 0. The van der Waals surface area contributed by atoms with Crippen molar-refractivity contribution >= 4 is 15.7 Å². The van der Waals surface area contributed by atoms with Gasteiger partial charge in [-0.1, -0.05) is 19.1 Å². The topological polar surface area (TPSA) is 113 Å². The maximum absolute atomic E-state index is 12.4. The number of nitrogens with two attached hydrogens (primary N) is 1. The second kappa shape index (κ2) is 5.87. The summed E-state index contributed by atoms with van der Waals surface area (Å²) in [4.78, 5) is -0.0188. The van der Waals surface area contributed by atoms with E-state index in [1.54, 1.807) is 26.0 Å². The van der Waals surface area contributed by atoms with Crippen LogP contribution in [0.25, 0.3) is 0 Å². The predicted molar refractivity (Wildman–Crippen MR) is 73.1 cm³/mol. The number of nitrogens with one attached hydrogen (secondary N) is 1. The first-order chi connectivity index (χ1) is 8.82. The molecule has 5 N–H and O–H groups in total. The maximum Gasteiger partial charge on any atom is 0.243 e. The van der Waals surface area contributed by atoms with Crippen molar-refractivity contribution in [3.63, 3.8) is 0 Å². The van der Waals surface area contributed by atoms with Gasteiger partial charge in [0.2, 0.25) is 10.0 Å². The summed E-state index contributed by atoms with van der Waals surface area (Å²) in [6, 6.07) is 4.79. The van der Waals surface area contributed by atoms with E-state index >= 15 is 0 Å². The van der Waals surface area contributed by atoms with Crippen LogP contribution in [0.15, 0.2) is 23.1 Å². The third kappa shape index (κ3) is 3.24. The summed E-state index contributed by atoms with van der Waals surface area (Å²) in [5, 5.41) is 18.6. The van der Waals surface area contributed by atoms with E-state index in [1.807, 2.05) is 0 Å². The van der Waals surface area contributed by atoms with Gasteiger partial charge in [0, 0.05) is 0 Å². The molecular weight excluding hydrogens is 268 g/mol. The van der Waals surface area contributed by atoms with Crippen LogP contribution in [0.4, 0.5) is 5.69 Å². The number of aliphatic hydroxyl groups is 2. The largest absolute Gasteiger partial charge is 0.398 e. The summed E-state index contributed by atoms with van der Waals surface area (Å²) < 4.78 is 27.1. The lowest BCUT2D eigenvalue weighted by molar-refractivity contribution is 0.105. The molecule has 7 heteroatoms. The van der Waals surface area contributed by atoms with Crippen LogP contribution < -0.4 is 10.5 Å². The van der Waals surface area contributed by atoms with Crippen LogP contribution in [0.2, 0.25) is 0 Å². The average molecular weight is 288 g/mol. The fourth-order valence-corrected chi connectivity index (χ4v) is 3.60. The van der Waals surface area contributed by atoms with Crippen molar-refractivity contribution in [2.45, 2.75) is 30.7 Å². The lowest BCUT2D eigenvalue weighted by Crippen LogP contribution is -2.53. The van der Waals surface area contributed by atoms with E-state index in [-0.39, 0.29) is 17.0 Å². The number of rotatable bonds is 6. The molecule has 0 saturated carbocycles. The number of hydrogen-bond acceptors (Lipinski definition) is 5. The minimum atomic E-state index is -3.91. The Morgan fingerprint density at radius 1 is 1.32 bits per heavy atom. The van der Waals surface area contributed by atoms with Gasteiger partial charge in [0.1, 0.15) is 4.90 Å². The van der Waals surface area contributed by atoms with E-state index in [9.17, 15) is 18.6 Å². The minimum absolute atomic E-state index is 0.0188. The molecule has 0 saturated heterocycles. The van der Waals surface area contributed by atoms with E-state index < -0.39 is 28.8 Å². The Hall–Kier alpha value is -1.15. The minimum Gasteiger partial charge on any atom is -0.398 e. The van der Waals surface area contributed by atoms with Gasteiger partial charge in [-0.3, -0.25) is 0 Å². The van der Waals surface area contributed by atoms with Gasteiger partial charge in [0.25, 0.3) is 0 Å². The third-order valence-corrected chi connectivity index (χ3v) is 4.94. The molecule has 0 aliphatic carbocycles. The van der Waals surface area contributed by atoms with E-state index in [1.165, 1.54) is 6.07 Å².